The normalized spacial score (nSPS) is 15.4. The Bertz CT molecular complexity index is 1160. The number of thioether (sulfide) groups is 1. The maximum Gasteiger partial charge on any atom is 0.298 e. The lowest BCUT2D eigenvalue weighted by molar-refractivity contribution is -0.113. The highest BCUT2D eigenvalue weighted by molar-refractivity contribution is 8.19. The number of furan rings is 1. The molecule has 0 radical (unpaired) electrons. The van der Waals surface area contributed by atoms with Crippen molar-refractivity contribution in [2.24, 2.45) is 0 Å². The largest absolute Gasteiger partial charge is 0.495 e. The van der Waals surface area contributed by atoms with Gasteiger partial charge in [0, 0.05) is 11.6 Å². The van der Waals surface area contributed by atoms with Gasteiger partial charge in [-0.05, 0) is 54.2 Å². The summed E-state index contributed by atoms with van der Waals surface area (Å²) in [6.45, 7) is 0. The van der Waals surface area contributed by atoms with Crippen molar-refractivity contribution >= 4 is 57.9 Å². The number of nitrogens with zero attached hydrogens (tertiary/aromatic N) is 1. The molecule has 0 bridgehead atoms. The Morgan fingerprint density at radius 3 is 2.59 bits per heavy atom. The summed E-state index contributed by atoms with van der Waals surface area (Å²) in [6.07, 6.45) is 1.54. The molecule has 1 aliphatic heterocycles. The van der Waals surface area contributed by atoms with Gasteiger partial charge in [-0.15, -0.1) is 0 Å². The predicted molar refractivity (Wildman–Crippen MR) is 116 cm³/mol. The first-order valence-electron chi connectivity index (χ1n) is 8.44. The topological polar surface area (TPSA) is 59.8 Å². The molecule has 146 valence electrons. The van der Waals surface area contributed by atoms with Gasteiger partial charge in [0.05, 0.1) is 27.7 Å². The average Bonchev–Trinajstić information content (AvgIpc) is 3.29. The minimum atomic E-state index is -0.433. The highest BCUT2D eigenvalue weighted by Crippen LogP contribution is 2.40. The second kappa shape index (κ2) is 7.99. The molecular formula is C21H13Cl2NO4S. The summed E-state index contributed by atoms with van der Waals surface area (Å²) in [7, 11) is 1.49. The predicted octanol–water partition coefficient (Wildman–Crippen LogP) is 6.50. The molecule has 3 aromatic rings. The van der Waals surface area contributed by atoms with Crippen molar-refractivity contribution in [3.63, 3.8) is 0 Å². The number of anilines is 1. The lowest BCUT2D eigenvalue weighted by atomic mass is 10.2. The molecule has 2 amide bonds. The number of benzene rings is 2. The Kier molecular flexibility index (Phi) is 5.41. The van der Waals surface area contributed by atoms with Crippen molar-refractivity contribution in [1.82, 2.24) is 0 Å². The van der Waals surface area contributed by atoms with Crippen molar-refractivity contribution in [1.29, 1.82) is 0 Å². The van der Waals surface area contributed by atoms with Crippen LogP contribution in [0.3, 0.4) is 0 Å². The third-order valence-electron chi connectivity index (χ3n) is 4.22. The molecule has 0 unspecified atom stereocenters. The Morgan fingerprint density at radius 1 is 1.03 bits per heavy atom. The number of para-hydroxylation sites is 2. The number of hydrogen-bond donors (Lipinski definition) is 0. The number of methoxy groups -OCH3 is 1. The molecule has 4 rings (SSSR count). The molecule has 1 aromatic heterocycles. The van der Waals surface area contributed by atoms with Crippen molar-refractivity contribution in [3.05, 3.63) is 75.3 Å². The van der Waals surface area contributed by atoms with E-state index in [9.17, 15) is 9.59 Å². The highest BCUT2D eigenvalue weighted by Gasteiger charge is 2.37. The van der Waals surface area contributed by atoms with E-state index in [1.165, 1.54) is 7.11 Å². The molecule has 2 heterocycles. The van der Waals surface area contributed by atoms with E-state index >= 15 is 0 Å². The van der Waals surface area contributed by atoms with Gasteiger partial charge < -0.3 is 9.15 Å². The number of rotatable bonds is 4. The van der Waals surface area contributed by atoms with E-state index in [0.29, 0.717) is 33.0 Å². The zero-order valence-electron chi connectivity index (χ0n) is 15.0. The number of carbonyl (C=O) groups excluding carboxylic acids is 2. The Hall–Kier alpha value is -2.67. The first-order valence-corrected chi connectivity index (χ1v) is 10.0. The fraction of sp³-hybridized carbons (Fsp3) is 0.0476. The zero-order chi connectivity index (χ0) is 20.5. The van der Waals surface area contributed by atoms with Gasteiger partial charge in [-0.2, -0.15) is 0 Å². The van der Waals surface area contributed by atoms with Crippen molar-refractivity contribution < 1.29 is 18.7 Å². The number of halogens is 2. The summed E-state index contributed by atoms with van der Waals surface area (Å²) < 4.78 is 11.1. The molecule has 2 aromatic carbocycles. The third-order valence-corrected chi connectivity index (χ3v) is 5.83. The average molecular weight is 446 g/mol. The van der Waals surface area contributed by atoms with Gasteiger partial charge in [-0.25, -0.2) is 4.90 Å². The van der Waals surface area contributed by atoms with E-state index in [-0.39, 0.29) is 4.91 Å². The molecule has 0 spiro atoms. The van der Waals surface area contributed by atoms with Crippen LogP contribution in [0.2, 0.25) is 10.0 Å². The number of carbonyl (C=O) groups is 2. The van der Waals surface area contributed by atoms with Gasteiger partial charge >= 0.3 is 0 Å². The summed E-state index contributed by atoms with van der Waals surface area (Å²) in [4.78, 5) is 26.7. The van der Waals surface area contributed by atoms with Gasteiger partial charge in [0.1, 0.15) is 17.3 Å². The lowest BCUT2D eigenvalue weighted by Crippen LogP contribution is -2.28. The molecule has 0 aliphatic carbocycles. The van der Waals surface area contributed by atoms with Gasteiger partial charge in [0.15, 0.2) is 0 Å². The molecule has 0 atom stereocenters. The monoisotopic (exact) mass is 445 g/mol. The van der Waals surface area contributed by atoms with Crippen molar-refractivity contribution in [3.8, 4) is 17.1 Å². The Balaban J connectivity index is 1.63. The van der Waals surface area contributed by atoms with Crippen LogP contribution in [0.1, 0.15) is 5.76 Å². The Morgan fingerprint density at radius 2 is 1.83 bits per heavy atom. The molecule has 1 saturated heterocycles. The maximum absolute atomic E-state index is 12.8. The van der Waals surface area contributed by atoms with Crippen LogP contribution in [0.25, 0.3) is 17.4 Å². The molecule has 0 saturated carbocycles. The number of hydrogen-bond acceptors (Lipinski definition) is 5. The van der Waals surface area contributed by atoms with E-state index in [1.807, 2.05) is 0 Å². The molecule has 1 aliphatic rings. The fourth-order valence-electron chi connectivity index (χ4n) is 2.85. The standard InChI is InChI=1S/C21H13Cl2NO4S/c1-27-18-5-3-2-4-16(18)24-20(25)19(29-21(24)26)11-13-7-9-17(28-13)12-6-8-14(22)15(23)10-12/h2-11H,1H3/b19-11-. The quantitative estimate of drug-likeness (QED) is 0.428. The van der Waals surface area contributed by atoms with Gasteiger partial charge in [0.2, 0.25) is 0 Å². The van der Waals surface area contributed by atoms with Crippen LogP contribution >= 0.6 is 35.0 Å². The maximum atomic E-state index is 12.8. The second-order valence-corrected chi connectivity index (χ2v) is 7.83. The summed E-state index contributed by atoms with van der Waals surface area (Å²) >= 11 is 12.8. The SMILES string of the molecule is COc1ccccc1N1C(=O)S/C(=C\c2ccc(-c3ccc(Cl)c(Cl)c3)o2)C1=O. The van der Waals surface area contributed by atoms with E-state index in [1.54, 1.807) is 60.7 Å². The van der Waals surface area contributed by atoms with Crippen LogP contribution in [0, 0.1) is 0 Å². The first kappa shape index (κ1) is 19.6. The smallest absolute Gasteiger partial charge is 0.298 e. The number of imide groups is 1. The second-order valence-electron chi connectivity index (χ2n) is 6.02. The van der Waals surface area contributed by atoms with Crippen molar-refractivity contribution in [2.45, 2.75) is 0 Å². The van der Waals surface area contributed by atoms with E-state index < -0.39 is 11.1 Å². The molecule has 5 nitrogen and oxygen atoms in total. The van der Waals surface area contributed by atoms with E-state index in [0.717, 1.165) is 22.2 Å². The van der Waals surface area contributed by atoms with Crippen molar-refractivity contribution in [2.75, 3.05) is 12.0 Å². The van der Waals surface area contributed by atoms with Crippen LogP contribution in [-0.2, 0) is 4.79 Å². The van der Waals surface area contributed by atoms with Crippen LogP contribution in [0.4, 0.5) is 10.5 Å². The summed E-state index contributed by atoms with van der Waals surface area (Å²) in [6, 6.07) is 15.5. The number of ether oxygens (including phenoxy) is 1. The third kappa shape index (κ3) is 3.79. The lowest BCUT2D eigenvalue weighted by Gasteiger charge is -2.15. The fourth-order valence-corrected chi connectivity index (χ4v) is 3.97. The van der Waals surface area contributed by atoms with Crippen LogP contribution in [0.5, 0.6) is 5.75 Å². The summed E-state index contributed by atoms with van der Waals surface area (Å²) in [5.41, 5.74) is 1.15. The molecule has 1 fully saturated rings. The van der Waals surface area contributed by atoms with Crippen LogP contribution in [-0.4, -0.2) is 18.3 Å². The molecular weight excluding hydrogens is 433 g/mol. The molecule has 8 heteroatoms. The Labute approximate surface area is 180 Å². The molecule has 29 heavy (non-hydrogen) atoms. The zero-order valence-corrected chi connectivity index (χ0v) is 17.3. The van der Waals surface area contributed by atoms with Gasteiger partial charge in [0.25, 0.3) is 11.1 Å². The van der Waals surface area contributed by atoms with Crippen LogP contribution < -0.4 is 9.64 Å². The van der Waals surface area contributed by atoms with Crippen LogP contribution in [0.15, 0.2) is 63.9 Å². The van der Waals surface area contributed by atoms with Gasteiger partial charge in [-0.1, -0.05) is 35.3 Å². The summed E-state index contributed by atoms with van der Waals surface area (Å²) in [5, 5.41) is 0.467. The highest BCUT2D eigenvalue weighted by atomic mass is 35.5. The minimum absolute atomic E-state index is 0.260. The first-order chi connectivity index (χ1) is 14.0. The molecule has 0 N–H and O–H groups in total. The van der Waals surface area contributed by atoms with E-state index in [2.05, 4.69) is 0 Å². The number of amides is 2. The van der Waals surface area contributed by atoms with E-state index in [4.69, 9.17) is 32.4 Å². The summed E-state index contributed by atoms with van der Waals surface area (Å²) in [5.74, 6) is 1.02. The van der Waals surface area contributed by atoms with Gasteiger partial charge in [-0.3, -0.25) is 9.59 Å². The minimum Gasteiger partial charge on any atom is -0.495 e.